The lowest BCUT2D eigenvalue weighted by Crippen LogP contribution is -1.98. The minimum absolute atomic E-state index is 0.298. The summed E-state index contributed by atoms with van der Waals surface area (Å²) < 4.78 is 0. The molecule has 0 saturated heterocycles. The monoisotopic (exact) mass is 212 g/mol. The normalized spacial score (nSPS) is 14.5. The number of carbonyl (C=O) groups excluding carboxylic acids is 1. The van der Waals surface area contributed by atoms with Crippen molar-refractivity contribution in [3.05, 3.63) is 21.4 Å². The lowest BCUT2D eigenvalue weighted by Gasteiger charge is -1.92. The molecule has 0 atom stereocenters. The molecule has 70 valence electrons. The Morgan fingerprint density at radius 1 is 1.62 bits per heavy atom. The smallest absolute Gasteiger partial charge is 0.182 e. The number of ketones is 1. The van der Waals surface area contributed by atoms with Crippen molar-refractivity contribution in [2.75, 3.05) is 12.0 Å². The van der Waals surface area contributed by atoms with Gasteiger partial charge in [-0.2, -0.15) is 11.8 Å². The molecule has 0 unspecified atom stereocenters. The van der Waals surface area contributed by atoms with E-state index in [1.165, 1.54) is 29.7 Å². The third kappa shape index (κ3) is 1.81. The summed E-state index contributed by atoms with van der Waals surface area (Å²) in [5, 5.41) is 0. The Labute approximate surface area is 86.5 Å². The predicted molar refractivity (Wildman–Crippen MR) is 59.1 cm³/mol. The van der Waals surface area contributed by atoms with Gasteiger partial charge < -0.3 is 0 Å². The van der Waals surface area contributed by atoms with Crippen molar-refractivity contribution in [2.45, 2.75) is 19.3 Å². The molecule has 2 rings (SSSR count). The second-order valence-corrected chi connectivity index (χ2v) is 5.27. The molecule has 0 bridgehead atoms. The van der Waals surface area contributed by atoms with Crippen LogP contribution < -0.4 is 0 Å². The molecule has 3 heteroatoms. The number of hydrogen-bond donors (Lipinski definition) is 0. The molecule has 1 aliphatic rings. The molecule has 0 aromatic carbocycles. The Balaban J connectivity index is 2.18. The topological polar surface area (TPSA) is 17.1 Å². The Morgan fingerprint density at radius 2 is 2.46 bits per heavy atom. The van der Waals surface area contributed by atoms with E-state index in [-0.39, 0.29) is 0 Å². The maximum absolute atomic E-state index is 11.5. The fourth-order valence-corrected chi connectivity index (χ4v) is 3.37. The van der Waals surface area contributed by atoms with E-state index in [0.29, 0.717) is 11.5 Å². The summed E-state index contributed by atoms with van der Waals surface area (Å²) in [5.74, 6) is 0.922. The summed E-state index contributed by atoms with van der Waals surface area (Å²) in [7, 11) is 0. The van der Waals surface area contributed by atoms with Gasteiger partial charge in [-0.15, -0.1) is 11.3 Å². The molecule has 13 heavy (non-hydrogen) atoms. The van der Waals surface area contributed by atoms with Crippen molar-refractivity contribution in [2.24, 2.45) is 0 Å². The molecule has 1 aliphatic carbocycles. The first-order chi connectivity index (χ1) is 6.31. The van der Waals surface area contributed by atoms with Gasteiger partial charge in [0.1, 0.15) is 0 Å². The molecule has 1 aromatic heterocycles. The van der Waals surface area contributed by atoms with Crippen LogP contribution in [0.25, 0.3) is 0 Å². The van der Waals surface area contributed by atoms with Gasteiger partial charge in [0.2, 0.25) is 0 Å². The Kier molecular flexibility index (Phi) is 2.74. The van der Waals surface area contributed by atoms with E-state index in [0.717, 1.165) is 4.88 Å². The van der Waals surface area contributed by atoms with Crippen molar-refractivity contribution in [3.8, 4) is 0 Å². The van der Waals surface area contributed by atoms with Gasteiger partial charge in [0.15, 0.2) is 5.78 Å². The number of fused-ring (bicyclic) bond motifs is 1. The first-order valence-electron chi connectivity index (χ1n) is 4.45. The van der Waals surface area contributed by atoms with Crippen molar-refractivity contribution in [1.82, 2.24) is 0 Å². The van der Waals surface area contributed by atoms with Gasteiger partial charge in [0.05, 0.1) is 10.6 Å². The van der Waals surface area contributed by atoms with Gasteiger partial charge in [-0.1, -0.05) is 0 Å². The lowest BCUT2D eigenvalue weighted by atomic mass is 10.2. The number of carbonyl (C=O) groups is 1. The molecule has 0 spiro atoms. The van der Waals surface area contributed by atoms with Gasteiger partial charge in [-0.25, -0.2) is 0 Å². The van der Waals surface area contributed by atoms with Gasteiger partial charge in [-0.05, 0) is 37.1 Å². The summed E-state index contributed by atoms with van der Waals surface area (Å²) in [6.45, 7) is 0. The standard InChI is InChI=1S/C10H12OS2/c1-12-6-8(11)10-5-7-3-2-4-9(7)13-10/h5H,2-4,6H2,1H3. The molecule has 0 fully saturated rings. The van der Waals surface area contributed by atoms with E-state index < -0.39 is 0 Å². The third-order valence-corrected chi connectivity index (χ3v) is 4.13. The van der Waals surface area contributed by atoms with E-state index in [9.17, 15) is 4.79 Å². The highest BCUT2D eigenvalue weighted by atomic mass is 32.2. The Morgan fingerprint density at radius 3 is 3.15 bits per heavy atom. The molecule has 0 amide bonds. The van der Waals surface area contributed by atoms with Gasteiger partial charge in [0, 0.05) is 4.88 Å². The zero-order chi connectivity index (χ0) is 9.26. The Bertz CT molecular complexity index is 306. The second kappa shape index (κ2) is 3.84. The molecule has 1 nitrogen and oxygen atoms in total. The summed E-state index contributed by atoms with van der Waals surface area (Å²) in [6, 6.07) is 2.10. The van der Waals surface area contributed by atoms with E-state index in [2.05, 4.69) is 6.07 Å². The van der Waals surface area contributed by atoms with Crippen LogP contribution in [0.3, 0.4) is 0 Å². The molecule has 1 aromatic rings. The number of thioether (sulfide) groups is 1. The van der Waals surface area contributed by atoms with Crippen LogP contribution in [0.15, 0.2) is 6.07 Å². The Hall–Kier alpha value is -0.280. The first-order valence-corrected chi connectivity index (χ1v) is 6.66. The zero-order valence-electron chi connectivity index (χ0n) is 7.63. The van der Waals surface area contributed by atoms with Crippen LogP contribution in [0.2, 0.25) is 0 Å². The van der Waals surface area contributed by atoms with Gasteiger partial charge in [0.25, 0.3) is 0 Å². The van der Waals surface area contributed by atoms with Crippen molar-refractivity contribution >= 4 is 28.9 Å². The van der Waals surface area contributed by atoms with Crippen LogP contribution in [0.1, 0.15) is 26.5 Å². The quantitative estimate of drug-likeness (QED) is 0.717. The number of Topliss-reactive ketones (excluding diaryl/α,β-unsaturated/α-hetero) is 1. The van der Waals surface area contributed by atoms with Crippen LogP contribution in [0, 0.1) is 0 Å². The third-order valence-electron chi connectivity index (χ3n) is 2.30. The highest BCUT2D eigenvalue weighted by molar-refractivity contribution is 7.99. The minimum Gasteiger partial charge on any atom is -0.292 e. The van der Waals surface area contributed by atoms with Crippen LogP contribution in [-0.4, -0.2) is 17.8 Å². The summed E-state index contributed by atoms with van der Waals surface area (Å²) in [4.78, 5) is 14.0. The highest BCUT2D eigenvalue weighted by Crippen LogP contribution is 2.31. The fourth-order valence-electron chi connectivity index (χ4n) is 1.67. The van der Waals surface area contributed by atoms with Crippen molar-refractivity contribution in [1.29, 1.82) is 0 Å². The average molecular weight is 212 g/mol. The number of aryl methyl sites for hydroxylation is 2. The maximum Gasteiger partial charge on any atom is 0.182 e. The minimum atomic E-state index is 0.298. The molecule has 0 aliphatic heterocycles. The molecular weight excluding hydrogens is 200 g/mol. The maximum atomic E-state index is 11.5. The number of rotatable bonds is 3. The molecule has 0 radical (unpaired) electrons. The summed E-state index contributed by atoms with van der Waals surface area (Å²) in [5.41, 5.74) is 1.43. The molecular formula is C10H12OS2. The number of hydrogen-bond acceptors (Lipinski definition) is 3. The second-order valence-electron chi connectivity index (χ2n) is 3.27. The van der Waals surface area contributed by atoms with Crippen LogP contribution >= 0.6 is 23.1 Å². The molecule has 0 saturated carbocycles. The zero-order valence-corrected chi connectivity index (χ0v) is 9.26. The van der Waals surface area contributed by atoms with Crippen molar-refractivity contribution < 1.29 is 4.79 Å². The number of thiophene rings is 1. The summed E-state index contributed by atoms with van der Waals surface area (Å²) >= 11 is 3.31. The van der Waals surface area contributed by atoms with Crippen LogP contribution in [0.5, 0.6) is 0 Å². The largest absolute Gasteiger partial charge is 0.292 e. The SMILES string of the molecule is CSCC(=O)c1cc2c(s1)CCC2. The average Bonchev–Trinajstić information content (AvgIpc) is 2.61. The first kappa shape index (κ1) is 9.28. The fraction of sp³-hybridized carbons (Fsp3) is 0.500. The lowest BCUT2D eigenvalue weighted by molar-refractivity contribution is 0.102. The van der Waals surface area contributed by atoms with Crippen LogP contribution in [0.4, 0.5) is 0 Å². The predicted octanol–water partition coefficient (Wildman–Crippen LogP) is 2.78. The van der Waals surface area contributed by atoms with E-state index in [4.69, 9.17) is 0 Å². The van der Waals surface area contributed by atoms with E-state index in [1.807, 2.05) is 6.26 Å². The van der Waals surface area contributed by atoms with Crippen LogP contribution in [-0.2, 0) is 12.8 Å². The summed E-state index contributed by atoms with van der Waals surface area (Å²) in [6.07, 6.45) is 5.61. The van der Waals surface area contributed by atoms with Crippen molar-refractivity contribution in [3.63, 3.8) is 0 Å². The molecule has 1 heterocycles. The highest BCUT2D eigenvalue weighted by Gasteiger charge is 2.17. The molecule has 0 N–H and O–H groups in total. The van der Waals surface area contributed by atoms with E-state index >= 15 is 0 Å². The van der Waals surface area contributed by atoms with Gasteiger partial charge in [-0.3, -0.25) is 4.79 Å². The van der Waals surface area contributed by atoms with E-state index in [1.54, 1.807) is 23.1 Å². The van der Waals surface area contributed by atoms with Gasteiger partial charge >= 0.3 is 0 Å².